The van der Waals surface area contributed by atoms with Gasteiger partial charge in [0.1, 0.15) is 12.4 Å². The van der Waals surface area contributed by atoms with Crippen molar-refractivity contribution in [3.05, 3.63) is 30.1 Å². The van der Waals surface area contributed by atoms with Gasteiger partial charge in [0.25, 0.3) is 5.91 Å². The highest BCUT2D eigenvalue weighted by Gasteiger charge is 2.24. The van der Waals surface area contributed by atoms with Crippen molar-refractivity contribution >= 4 is 27.9 Å². The number of rotatable bonds is 9. The maximum Gasteiger partial charge on any atom is 0.321 e. The summed E-state index contributed by atoms with van der Waals surface area (Å²) in [6.07, 6.45) is 1.63. The van der Waals surface area contributed by atoms with Gasteiger partial charge in [-0.25, -0.2) is 17.6 Å². The highest BCUT2D eigenvalue weighted by molar-refractivity contribution is 7.89. The second-order valence-electron chi connectivity index (χ2n) is 5.53. The highest BCUT2D eigenvalue weighted by Crippen LogP contribution is 2.14. The van der Waals surface area contributed by atoms with E-state index in [2.05, 4.69) is 10.1 Å². The Morgan fingerprint density at radius 1 is 1.19 bits per heavy atom. The van der Waals surface area contributed by atoms with Crippen molar-refractivity contribution in [1.82, 2.24) is 14.9 Å². The molecule has 1 aromatic carbocycles. The Morgan fingerprint density at radius 2 is 1.81 bits per heavy atom. The number of carbonyl (C=O) groups is 3. The predicted molar refractivity (Wildman–Crippen MR) is 93.6 cm³/mol. The number of esters is 1. The summed E-state index contributed by atoms with van der Waals surface area (Å²) >= 11 is 0. The number of hydrogen-bond acceptors (Lipinski definition) is 6. The molecule has 0 fully saturated rings. The zero-order chi connectivity index (χ0) is 20.4. The number of hydrogen-bond donors (Lipinski definition) is 2. The van der Waals surface area contributed by atoms with Gasteiger partial charge in [0, 0.05) is 13.6 Å². The summed E-state index contributed by atoms with van der Waals surface area (Å²) in [5.41, 5.74) is 0. The van der Waals surface area contributed by atoms with Crippen LogP contribution in [0.5, 0.6) is 0 Å². The largest absolute Gasteiger partial charge is 0.455 e. The summed E-state index contributed by atoms with van der Waals surface area (Å²) in [6, 6.07) is 3.39. The van der Waals surface area contributed by atoms with E-state index in [9.17, 15) is 27.2 Å². The molecule has 0 heterocycles. The molecule has 0 aliphatic heterocycles. The first-order valence-electron chi connectivity index (χ1n) is 8.12. The molecule has 0 spiro atoms. The standard InChI is InChI=1S/C16H22FN3O6S/c1-3-4-9-18-16(23)19-14(21)11-26-15(22)10-20(2)27(24,25)13-7-5-12(17)6-8-13/h5-8H,3-4,9-11H2,1-2H3,(H2,18,19,21,23). The van der Waals surface area contributed by atoms with Gasteiger partial charge >= 0.3 is 12.0 Å². The smallest absolute Gasteiger partial charge is 0.321 e. The number of benzene rings is 1. The number of nitrogens with one attached hydrogen (secondary N) is 2. The third-order valence-corrected chi connectivity index (χ3v) is 5.12. The monoisotopic (exact) mass is 403 g/mol. The number of amides is 3. The lowest BCUT2D eigenvalue weighted by Crippen LogP contribution is -2.42. The summed E-state index contributed by atoms with van der Waals surface area (Å²) < 4.78 is 42.8. The second kappa shape index (κ2) is 10.6. The average Bonchev–Trinajstić information content (AvgIpc) is 2.60. The summed E-state index contributed by atoms with van der Waals surface area (Å²) in [5, 5.41) is 4.43. The zero-order valence-electron chi connectivity index (χ0n) is 15.0. The minimum absolute atomic E-state index is 0.194. The molecule has 0 unspecified atom stereocenters. The summed E-state index contributed by atoms with van der Waals surface area (Å²) in [6.45, 7) is 0.957. The quantitative estimate of drug-likeness (QED) is 0.460. The minimum Gasteiger partial charge on any atom is -0.455 e. The lowest BCUT2D eigenvalue weighted by Gasteiger charge is -2.16. The van der Waals surface area contributed by atoms with Gasteiger partial charge in [0.2, 0.25) is 10.0 Å². The molecule has 3 amide bonds. The van der Waals surface area contributed by atoms with E-state index in [0.29, 0.717) is 10.8 Å². The van der Waals surface area contributed by atoms with Gasteiger partial charge in [-0.2, -0.15) is 4.31 Å². The molecule has 11 heteroatoms. The molecule has 0 aromatic heterocycles. The summed E-state index contributed by atoms with van der Waals surface area (Å²) in [7, 11) is -2.88. The molecule has 9 nitrogen and oxygen atoms in total. The molecular formula is C16H22FN3O6S. The fourth-order valence-corrected chi connectivity index (χ4v) is 2.95. The van der Waals surface area contributed by atoms with Crippen LogP contribution >= 0.6 is 0 Å². The van der Waals surface area contributed by atoms with Crippen LogP contribution in [-0.4, -0.2) is 57.4 Å². The first-order chi connectivity index (χ1) is 12.7. The molecule has 0 saturated heterocycles. The average molecular weight is 403 g/mol. The Morgan fingerprint density at radius 3 is 2.41 bits per heavy atom. The fraction of sp³-hybridized carbons (Fsp3) is 0.438. The summed E-state index contributed by atoms with van der Waals surface area (Å²) in [5.74, 6) is -2.42. The Kier molecular flexibility index (Phi) is 8.82. The maximum absolute atomic E-state index is 12.9. The number of likely N-dealkylation sites (N-methyl/N-ethyl adjacent to an activating group) is 1. The van der Waals surface area contributed by atoms with E-state index in [1.54, 1.807) is 0 Å². The third kappa shape index (κ3) is 7.71. The van der Waals surface area contributed by atoms with Gasteiger partial charge in [0.15, 0.2) is 6.61 Å². The molecule has 0 aliphatic rings. The molecule has 2 N–H and O–H groups in total. The normalized spacial score (nSPS) is 11.1. The fourth-order valence-electron chi connectivity index (χ4n) is 1.83. The highest BCUT2D eigenvalue weighted by atomic mass is 32.2. The lowest BCUT2D eigenvalue weighted by molar-refractivity contribution is -0.148. The van der Waals surface area contributed by atoms with Gasteiger partial charge in [-0.05, 0) is 30.7 Å². The molecule has 1 rings (SSSR count). The number of unbranched alkanes of at least 4 members (excludes halogenated alkanes) is 1. The van der Waals surface area contributed by atoms with Crippen molar-refractivity contribution in [1.29, 1.82) is 0 Å². The Labute approximate surface area is 156 Å². The number of urea groups is 1. The summed E-state index contributed by atoms with van der Waals surface area (Å²) in [4.78, 5) is 34.4. The number of halogens is 1. The number of ether oxygens (including phenoxy) is 1. The van der Waals surface area contributed by atoms with Crippen LogP contribution in [0.15, 0.2) is 29.2 Å². The number of sulfonamides is 1. The Balaban J connectivity index is 2.46. The van der Waals surface area contributed by atoms with Crippen molar-refractivity contribution in [2.75, 3.05) is 26.7 Å². The van der Waals surface area contributed by atoms with Crippen LogP contribution in [0.4, 0.5) is 9.18 Å². The van der Waals surface area contributed by atoms with Gasteiger partial charge in [-0.3, -0.25) is 14.9 Å². The topological polar surface area (TPSA) is 122 Å². The van der Waals surface area contributed by atoms with Gasteiger partial charge in [0.05, 0.1) is 4.90 Å². The van der Waals surface area contributed by atoms with Gasteiger partial charge in [-0.1, -0.05) is 13.3 Å². The van der Waals surface area contributed by atoms with Crippen molar-refractivity contribution in [2.24, 2.45) is 0 Å². The van der Waals surface area contributed by atoms with Crippen LogP contribution in [0.1, 0.15) is 19.8 Å². The van der Waals surface area contributed by atoms with Crippen molar-refractivity contribution in [2.45, 2.75) is 24.7 Å². The van der Waals surface area contributed by atoms with E-state index in [1.165, 1.54) is 0 Å². The Bertz CT molecular complexity index is 767. The number of imide groups is 1. The number of nitrogens with zero attached hydrogens (tertiary/aromatic N) is 1. The van der Waals surface area contributed by atoms with Crippen LogP contribution in [-0.2, 0) is 24.3 Å². The molecule has 0 bridgehead atoms. The van der Waals surface area contributed by atoms with E-state index >= 15 is 0 Å². The van der Waals surface area contributed by atoms with E-state index < -0.39 is 46.9 Å². The lowest BCUT2D eigenvalue weighted by atomic mass is 10.3. The maximum atomic E-state index is 12.9. The molecule has 0 radical (unpaired) electrons. The molecule has 0 atom stereocenters. The van der Waals surface area contributed by atoms with Crippen molar-refractivity contribution in [3.8, 4) is 0 Å². The molecule has 0 saturated carbocycles. The van der Waals surface area contributed by atoms with Crippen LogP contribution in [0.25, 0.3) is 0 Å². The SMILES string of the molecule is CCCCNC(=O)NC(=O)COC(=O)CN(C)S(=O)(=O)c1ccc(F)cc1. The van der Waals surface area contributed by atoms with Crippen molar-refractivity contribution in [3.63, 3.8) is 0 Å². The van der Waals surface area contributed by atoms with Crippen molar-refractivity contribution < 1.29 is 31.9 Å². The zero-order valence-corrected chi connectivity index (χ0v) is 15.8. The van der Waals surface area contributed by atoms with E-state index in [0.717, 1.165) is 44.2 Å². The molecule has 27 heavy (non-hydrogen) atoms. The third-order valence-electron chi connectivity index (χ3n) is 3.31. The molecule has 150 valence electrons. The van der Waals surface area contributed by atoms with Crippen LogP contribution in [0, 0.1) is 5.82 Å². The predicted octanol–water partition coefficient (Wildman–Crippen LogP) is 0.615. The van der Waals surface area contributed by atoms with E-state index in [1.807, 2.05) is 12.2 Å². The van der Waals surface area contributed by atoms with Crippen LogP contribution < -0.4 is 10.6 Å². The molecular weight excluding hydrogens is 381 g/mol. The van der Waals surface area contributed by atoms with E-state index in [-0.39, 0.29) is 4.90 Å². The Hall–Kier alpha value is -2.53. The first kappa shape index (κ1) is 22.5. The van der Waals surface area contributed by atoms with Crippen LogP contribution in [0.3, 0.4) is 0 Å². The molecule has 1 aromatic rings. The van der Waals surface area contributed by atoms with E-state index in [4.69, 9.17) is 0 Å². The second-order valence-corrected chi connectivity index (χ2v) is 7.58. The van der Waals surface area contributed by atoms with Gasteiger partial charge in [-0.15, -0.1) is 0 Å². The first-order valence-corrected chi connectivity index (χ1v) is 9.56. The van der Waals surface area contributed by atoms with Gasteiger partial charge < -0.3 is 10.1 Å². The molecule has 0 aliphatic carbocycles. The number of carbonyl (C=O) groups excluding carboxylic acids is 3. The minimum atomic E-state index is -4.02. The van der Waals surface area contributed by atoms with Crippen LogP contribution in [0.2, 0.25) is 0 Å².